The molecule has 1 unspecified atom stereocenters. The Morgan fingerprint density at radius 3 is 2.41 bits per heavy atom. The lowest BCUT2D eigenvalue weighted by atomic mass is 10.1. The molecule has 0 fully saturated rings. The third-order valence-electron chi connectivity index (χ3n) is 2.63. The van der Waals surface area contributed by atoms with E-state index in [1.54, 1.807) is 26.0 Å². The van der Waals surface area contributed by atoms with Gasteiger partial charge in [-0.3, -0.25) is 0 Å². The topological polar surface area (TPSA) is 44.5 Å². The fourth-order valence-electron chi connectivity index (χ4n) is 1.50. The number of ether oxygens (including phenoxy) is 2. The van der Waals surface area contributed by atoms with E-state index in [9.17, 15) is 0 Å². The van der Waals surface area contributed by atoms with Crippen LogP contribution in [0.5, 0.6) is 11.5 Å². The van der Waals surface area contributed by atoms with E-state index in [0.717, 1.165) is 16.4 Å². The van der Waals surface area contributed by atoms with Crippen molar-refractivity contribution in [3.05, 3.63) is 18.2 Å². The second-order valence-corrected chi connectivity index (χ2v) is 5.43. The smallest absolute Gasteiger partial charge is 0.132 e. The first-order valence-corrected chi connectivity index (χ1v) is 6.59. The summed E-state index contributed by atoms with van der Waals surface area (Å²) in [7, 11) is 3.35. The maximum absolute atomic E-state index is 5.79. The van der Waals surface area contributed by atoms with Gasteiger partial charge in [0.2, 0.25) is 0 Å². The van der Waals surface area contributed by atoms with Crippen molar-refractivity contribution in [2.45, 2.75) is 24.0 Å². The third-order valence-corrected chi connectivity index (χ3v) is 4.24. The van der Waals surface area contributed by atoms with Crippen molar-refractivity contribution >= 4 is 11.8 Å². The van der Waals surface area contributed by atoms with E-state index in [4.69, 9.17) is 15.2 Å². The number of rotatable bonds is 6. The van der Waals surface area contributed by atoms with Crippen LogP contribution in [0.3, 0.4) is 0 Å². The molecule has 1 aromatic rings. The summed E-state index contributed by atoms with van der Waals surface area (Å²) in [4.78, 5) is 1.08. The predicted octanol–water partition coefficient (Wildman–Crippen LogP) is 2.78. The maximum atomic E-state index is 5.79. The number of hydrogen-bond acceptors (Lipinski definition) is 4. The second-order valence-electron chi connectivity index (χ2n) is 4.15. The first-order chi connectivity index (χ1) is 8.12. The summed E-state index contributed by atoms with van der Waals surface area (Å²) in [6, 6.07) is 5.82. The van der Waals surface area contributed by atoms with E-state index in [-0.39, 0.29) is 0 Å². The van der Waals surface area contributed by atoms with Gasteiger partial charge in [-0.25, -0.2) is 0 Å². The van der Waals surface area contributed by atoms with Gasteiger partial charge < -0.3 is 15.2 Å². The molecule has 0 saturated carbocycles. The van der Waals surface area contributed by atoms with Crippen molar-refractivity contribution in [1.29, 1.82) is 0 Å². The lowest BCUT2D eigenvalue weighted by Crippen LogP contribution is -2.22. The van der Waals surface area contributed by atoms with Crippen LogP contribution < -0.4 is 15.2 Å². The van der Waals surface area contributed by atoms with Gasteiger partial charge in [-0.2, -0.15) is 0 Å². The van der Waals surface area contributed by atoms with E-state index in [0.29, 0.717) is 17.7 Å². The lowest BCUT2D eigenvalue weighted by molar-refractivity contribution is 0.394. The first kappa shape index (κ1) is 14.2. The van der Waals surface area contributed by atoms with Crippen molar-refractivity contribution in [2.75, 3.05) is 20.8 Å². The normalized spacial score (nSPS) is 12.6. The fraction of sp³-hybridized carbons (Fsp3) is 0.538. The van der Waals surface area contributed by atoms with Gasteiger partial charge in [-0.05, 0) is 24.1 Å². The Hall–Kier alpha value is -0.870. The summed E-state index contributed by atoms with van der Waals surface area (Å²) >= 11 is 1.75. The van der Waals surface area contributed by atoms with Gasteiger partial charge in [-0.15, -0.1) is 11.8 Å². The zero-order chi connectivity index (χ0) is 12.8. The third kappa shape index (κ3) is 3.82. The van der Waals surface area contributed by atoms with Crippen LogP contribution in [0.2, 0.25) is 0 Å². The molecule has 17 heavy (non-hydrogen) atoms. The van der Waals surface area contributed by atoms with E-state index in [1.807, 2.05) is 18.2 Å². The highest BCUT2D eigenvalue weighted by Gasteiger charge is 2.16. The van der Waals surface area contributed by atoms with Crippen LogP contribution in [0, 0.1) is 5.92 Å². The van der Waals surface area contributed by atoms with Crippen molar-refractivity contribution in [2.24, 2.45) is 11.7 Å². The van der Waals surface area contributed by atoms with Gasteiger partial charge in [0.05, 0.1) is 19.1 Å². The molecule has 2 N–H and O–H groups in total. The minimum absolute atomic E-state index is 0.385. The van der Waals surface area contributed by atoms with Crippen LogP contribution in [0.1, 0.15) is 13.8 Å². The highest BCUT2D eigenvalue weighted by molar-refractivity contribution is 8.00. The molecule has 0 saturated heterocycles. The highest BCUT2D eigenvalue weighted by Crippen LogP contribution is 2.36. The number of benzene rings is 1. The Morgan fingerprint density at radius 2 is 1.94 bits per heavy atom. The van der Waals surface area contributed by atoms with Gasteiger partial charge >= 0.3 is 0 Å². The van der Waals surface area contributed by atoms with Gasteiger partial charge in [0.15, 0.2) is 0 Å². The van der Waals surface area contributed by atoms with Crippen LogP contribution in [0.15, 0.2) is 23.1 Å². The Balaban J connectivity index is 2.93. The molecule has 0 aromatic heterocycles. The molecule has 1 atom stereocenters. The van der Waals surface area contributed by atoms with Crippen LogP contribution in [-0.2, 0) is 0 Å². The second kappa shape index (κ2) is 6.77. The van der Waals surface area contributed by atoms with E-state index < -0.39 is 0 Å². The van der Waals surface area contributed by atoms with E-state index in [1.165, 1.54) is 0 Å². The molecular weight excluding hydrogens is 234 g/mol. The van der Waals surface area contributed by atoms with Crippen molar-refractivity contribution < 1.29 is 9.47 Å². The molecule has 1 rings (SSSR count). The Kier molecular flexibility index (Phi) is 5.65. The zero-order valence-electron chi connectivity index (χ0n) is 10.9. The Labute approximate surface area is 108 Å². The Bertz CT molecular complexity index is 355. The zero-order valence-corrected chi connectivity index (χ0v) is 11.7. The average Bonchev–Trinajstić information content (AvgIpc) is 2.35. The van der Waals surface area contributed by atoms with Gasteiger partial charge in [-0.1, -0.05) is 13.8 Å². The molecule has 0 aliphatic carbocycles. The summed E-state index contributed by atoms with van der Waals surface area (Å²) in [5.41, 5.74) is 5.79. The maximum Gasteiger partial charge on any atom is 0.132 e. The summed E-state index contributed by atoms with van der Waals surface area (Å²) in [6.07, 6.45) is 0. The van der Waals surface area contributed by atoms with Crippen molar-refractivity contribution in [1.82, 2.24) is 0 Å². The quantitative estimate of drug-likeness (QED) is 0.794. The average molecular weight is 255 g/mol. The fourth-order valence-corrected chi connectivity index (χ4v) is 2.64. The molecular formula is C13H21NO2S. The summed E-state index contributed by atoms with van der Waals surface area (Å²) < 4.78 is 10.6. The van der Waals surface area contributed by atoms with Crippen molar-refractivity contribution in [3.63, 3.8) is 0 Å². The molecule has 0 heterocycles. The summed E-state index contributed by atoms with van der Waals surface area (Å²) in [5, 5.41) is 0.385. The molecule has 0 aliphatic rings. The number of methoxy groups -OCH3 is 2. The Morgan fingerprint density at radius 1 is 1.24 bits per heavy atom. The molecule has 0 bridgehead atoms. The molecule has 4 heteroatoms. The molecule has 96 valence electrons. The molecule has 0 aliphatic heterocycles. The van der Waals surface area contributed by atoms with Crippen LogP contribution in [-0.4, -0.2) is 26.0 Å². The van der Waals surface area contributed by atoms with Crippen LogP contribution >= 0.6 is 11.8 Å². The van der Waals surface area contributed by atoms with Crippen molar-refractivity contribution in [3.8, 4) is 11.5 Å². The van der Waals surface area contributed by atoms with Crippen LogP contribution in [0.4, 0.5) is 0 Å². The number of nitrogens with two attached hydrogens (primary N) is 1. The number of hydrogen-bond donors (Lipinski definition) is 1. The predicted molar refractivity (Wildman–Crippen MR) is 73.1 cm³/mol. The number of thioether (sulfide) groups is 1. The molecule has 1 aromatic carbocycles. The molecule has 0 amide bonds. The largest absolute Gasteiger partial charge is 0.497 e. The lowest BCUT2D eigenvalue weighted by Gasteiger charge is -2.20. The molecule has 3 nitrogen and oxygen atoms in total. The highest BCUT2D eigenvalue weighted by atomic mass is 32.2. The molecule has 0 spiro atoms. The van der Waals surface area contributed by atoms with E-state index in [2.05, 4.69) is 13.8 Å². The standard InChI is InChI=1S/C13H21NO2S/c1-9(2)13(8-14)17-12-7-10(15-3)5-6-11(12)16-4/h5-7,9,13H,8,14H2,1-4H3. The van der Waals surface area contributed by atoms with Gasteiger partial charge in [0, 0.05) is 11.8 Å². The first-order valence-electron chi connectivity index (χ1n) is 5.71. The molecule has 0 radical (unpaired) electrons. The van der Waals surface area contributed by atoms with Crippen LogP contribution in [0.25, 0.3) is 0 Å². The monoisotopic (exact) mass is 255 g/mol. The van der Waals surface area contributed by atoms with E-state index >= 15 is 0 Å². The van der Waals surface area contributed by atoms with Gasteiger partial charge in [0.25, 0.3) is 0 Å². The minimum Gasteiger partial charge on any atom is -0.497 e. The SMILES string of the molecule is COc1ccc(OC)c(SC(CN)C(C)C)c1. The minimum atomic E-state index is 0.385. The van der Waals surface area contributed by atoms with Gasteiger partial charge in [0.1, 0.15) is 11.5 Å². The summed E-state index contributed by atoms with van der Waals surface area (Å²) in [5.74, 6) is 2.24. The summed E-state index contributed by atoms with van der Waals surface area (Å²) in [6.45, 7) is 5.01.